The maximum atomic E-state index is 13.0. The number of alkyl halides is 3. The van der Waals surface area contributed by atoms with Gasteiger partial charge in [0.05, 0.1) is 28.6 Å². The number of anilines is 1. The molecule has 0 saturated carbocycles. The second-order valence-electron chi connectivity index (χ2n) is 5.56. The molecule has 0 heterocycles. The van der Waals surface area contributed by atoms with Crippen LogP contribution in [0, 0.1) is 0 Å². The summed E-state index contributed by atoms with van der Waals surface area (Å²) in [4.78, 5) is 26.1. The van der Waals surface area contributed by atoms with Crippen molar-refractivity contribution < 1.29 is 22.8 Å². The first kappa shape index (κ1) is 21.1. The molecule has 0 radical (unpaired) electrons. The largest absolute Gasteiger partial charge is 0.418 e. The zero-order chi connectivity index (χ0) is 20.0. The van der Waals surface area contributed by atoms with Gasteiger partial charge in [-0.05, 0) is 24.3 Å². The summed E-state index contributed by atoms with van der Waals surface area (Å²) >= 11 is 7.23. The van der Waals surface area contributed by atoms with Gasteiger partial charge in [0.15, 0.2) is 0 Å². The lowest BCUT2D eigenvalue weighted by molar-refractivity contribution is -0.137. The molecule has 2 amide bonds. The highest BCUT2D eigenvalue weighted by Crippen LogP contribution is 2.34. The van der Waals surface area contributed by atoms with Crippen LogP contribution >= 0.6 is 23.4 Å². The molecule has 0 saturated heterocycles. The van der Waals surface area contributed by atoms with Gasteiger partial charge in [-0.25, -0.2) is 0 Å². The molecule has 27 heavy (non-hydrogen) atoms. The minimum Gasteiger partial charge on any atom is -0.336 e. The van der Waals surface area contributed by atoms with E-state index in [1.807, 2.05) is 0 Å². The fraction of sp³-hybridized carbons (Fsp3) is 0.222. The number of thioether (sulfide) groups is 1. The molecule has 2 aromatic rings. The zero-order valence-corrected chi connectivity index (χ0v) is 15.8. The van der Waals surface area contributed by atoms with Gasteiger partial charge in [-0.2, -0.15) is 13.2 Å². The maximum absolute atomic E-state index is 13.0. The summed E-state index contributed by atoms with van der Waals surface area (Å²) in [5.41, 5.74) is -1.29. The number of hydrogen-bond acceptors (Lipinski definition) is 3. The number of carbonyl (C=O) groups is 2. The number of carbonyl (C=O) groups excluding carboxylic acids is 2. The Labute approximate surface area is 163 Å². The van der Waals surface area contributed by atoms with Crippen LogP contribution in [0.1, 0.15) is 5.56 Å². The Bertz CT molecular complexity index is 830. The molecule has 0 aliphatic rings. The monoisotopic (exact) mass is 416 g/mol. The number of nitrogens with zero attached hydrogens (tertiary/aromatic N) is 1. The average Bonchev–Trinajstić information content (AvgIpc) is 2.60. The van der Waals surface area contributed by atoms with Gasteiger partial charge in [-0.15, -0.1) is 11.8 Å². The summed E-state index contributed by atoms with van der Waals surface area (Å²) < 4.78 is 38.9. The predicted molar refractivity (Wildman–Crippen MR) is 99.9 cm³/mol. The molecule has 0 aliphatic carbocycles. The van der Waals surface area contributed by atoms with E-state index in [1.54, 1.807) is 24.3 Å². The van der Waals surface area contributed by atoms with Crippen molar-refractivity contribution in [3.63, 3.8) is 0 Å². The van der Waals surface area contributed by atoms with Gasteiger partial charge in [0.25, 0.3) is 0 Å². The Hall–Kier alpha value is -2.19. The number of hydrogen-bond donors (Lipinski definition) is 1. The number of likely N-dealkylation sites (N-methyl/N-ethyl adjacent to an activating group) is 1. The zero-order valence-electron chi connectivity index (χ0n) is 14.2. The molecule has 1 N–H and O–H groups in total. The van der Waals surface area contributed by atoms with Gasteiger partial charge in [0, 0.05) is 11.9 Å². The van der Waals surface area contributed by atoms with E-state index in [2.05, 4.69) is 5.32 Å². The van der Waals surface area contributed by atoms with Crippen LogP contribution in [-0.2, 0) is 15.8 Å². The fourth-order valence-corrected chi connectivity index (χ4v) is 3.32. The highest BCUT2D eigenvalue weighted by molar-refractivity contribution is 8.00. The predicted octanol–water partition coefficient (Wildman–Crippen LogP) is 4.55. The van der Waals surface area contributed by atoms with E-state index >= 15 is 0 Å². The minimum atomic E-state index is -4.59. The van der Waals surface area contributed by atoms with E-state index in [0.717, 1.165) is 21.9 Å². The van der Waals surface area contributed by atoms with Crippen molar-refractivity contribution >= 4 is 40.9 Å². The number of benzene rings is 2. The first-order valence-electron chi connectivity index (χ1n) is 7.76. The SMILES string of the molecule is CN(CC(=O)Nc1ccccc1C(F)(F)F)C(=O)CSc1ccccc1Cl. The van der Waals surface area contributed by atoms with E-state index in [1.165, 1.54) is 30.9 Å². The van der Waals surface area contributed by atoms with Gasteiger partial charge >= 0.3 is 6.18 Å². The summed E-state index contributed by atoms with van der Waals surface area (Å²) in [6, 6.07) is 11.7. The van der Waals surface area contributed by atoms with Gasteiger partial charge in [0.1, 0.15) is 0 Å². The lowest BCUT2D eigenvalue weighted by Gasteiger charge is -2.18. The third-order valence-electron chi connectivity index (χ3n) is 3.50. The Kier molecular flexibility index (Phi) is 7.15. The smallest absolute Gasteiger partial charge is 0.336 e. The fourth-order valence-electron chi connectivity index (χ4n) is 2.14. The molecule has 2 aromatic carbocycles. The second kappa shape index (κ2) is 9.14. The highest BCUT2D eigenvalue weighted by atomic mass is 35.5. The average molecular weight is 417 g/mol. The molecule has 0 bridgehead atoms. The van der Waals surface area contributed by atoms with Crippen LogP contribution in [0.2, 0.25) is 5.02 Å². The first-order chi connectivity index (χ1) is 12.7. The molecule has 9 heteroatoms. The third kappa shape index (κ3) is 6.18. The van der Waals surface area contributed by atoms with E-state index in [4.69, 9.17) is 11.6 Å². The van der Waals surface area contributed by atoms with E-state index in [-0.39, 0.29) is 23.9 Å². The molecule has 0 aliphatic heterocycles. The number of halogens is 4. The summed E-state index contributed by atoms with van der Waals surface area (Å²) in [5.74, 6) is -1.02. The Morgan fingerprint density at radius 2 is 1.74 bits per heavy atom. The Morgan fingerprint density at radius 3 is 2.41 bits per heavy atom. The second-order valence-corrected chi connectivity index (χ2v) is 6.98. The van der Waals surface area contributed by atoms with Crippen molar-refractivity contribution in [2.75, 3.05) is 24.7 Å². The van der Waals surface area contributed by atoms with E-state index in [0.29, 0.717) is 5.02 Å². The topological polar surface area (TPSA) is 49.4 Å². The maximum Gasteiger partial charge on any atom is 0.418 e. The van der Waals surface area contributed by atoms with Crippen LogP contribution in [0.3, 0.4) is 0 Å². The van der Waals surface area contributed by atoms with Gasteiger partial charge in [-0.1, -0.05) is 35.9 Å². The molecule has 0 spiro atoms. The standard InChI is InChI=1S/C18H16ClF3N2O2S/c1-24(17(26)11-27-15-9-5-3-7-13(15)19)10-16(25)23-14-8-4-2-6-12(14)18(20,21)22/h2-9H,10-11H2,1H3,(H,23,25). The molecule has 144 valence electrons. The third-order valence-corrected chi connectivity index (χ3v) is 5.00. The lowest BCUT2D eigenvalue weighted by atomic mass is 10.1. The number of amides is 2. The van der Waals surface area contributed by atoms with Crippen molar-refractivity contribution in [1.82, 2.24) is 4.90 Å². The summed E-state index contributed by atoms with van der Waals surface area (Å²) in [6.45, 7) is -0.367. The van der Waals surface area contributed by atoms with Crippen molar-refractivity contribution in [3.8, 4) is 0 Å². The Morgan fingerprint density at radius 1 is 1.11 bits per heavy atom. The summed E-state index contributed by atoms with van der Waals surface area (Å²) in [5, 5.41) is 2.72. The first-order valence-corrected chi connectivity index (χ1v) is 9.12. The number of nitrogens with one attached hydrogen (secondary N) is 1. The van der Waals surface area contributed by atoms with E-state index in [9.17, 15) is 22.8 Å². The van der Waals surface area contributed by atoms with Gasteiger partial charge < -0.3 is 10.2 Å². The molecule has 2 rings (SSSR count). The van der Waals surface area contributed by atoms with Crippen LogP contribution in [0.4, 0.5) is 18.9 Å². The highest BCUT2D eigenvalue weighted by Gasteiger charge is 2.33. The molecule has 0 unspecified atom stereocenters. The minimum absolute atomic E-state index is 0.0483. The Balaban J connectivity index is 1.92. The van der Waals surface area contributed by atoms with Crippen molar-refractivity contribution in [3.05, 3.63) is 59.1 Å². The van der Waals surface area contributed by atoms with Crippen LogP contribution < -0.4 is 5.32 Å². The molecule has 0 atom stereocenters. The molecule has 0 aromatic heterocycles. The molecular weight excluding hydrogens is 401 g/mol. The molecular formula is C18H16ClF3N2O2S. The van der Waals surface area contributed by atoms with Crippen LogP contribution in [0.5, 0.6) is 0 Å². The van der Waals surface area contributed by atoms with Gasteiger partial charge in [-0.3, -0.25) is 9.59 Å². The summed E-state index contributed by atoms with van der Waals surface area (Å²) in [7, 11) is 1.41. The number of rotatable bonds is 6. The summed E-state index contributed by atoms with van der Waals surface area (Å²) in [6.07, 6.45) is -4.59. The van der Waals surface area contributed by atoms with Crippen molar-refractivity contribution in [2.45, 2.75) is 11.1 Å². The quantitative estimate of drug-likeness (QED) is 0.703. The normalized spacial score (nSPS) is 11.1. The van der Waals surface area contributed by atoms with Crippen LogP contribution in [0.25, 0.3) is 0 Å². The van der Waals surface area contributed by atoms with E-state index < -0.39 is 17.6 Å². The van der Waals surface area contributed by atoms with Crippen molar-refractivity contribution in [2.24, 2.45) is 0 Å². The molecule has 0 fully saturated rings. The van der Waals surface area contributed by atoms with Crippen molar-refractivity contribution in [1.29, 1.82) is 0 Å². The number of para-hydroxylation sites is 1. The van der Waals surface area contributed by atoms with Crippen LogP contribution in [-0.4, -0.2) is 36.1 Å². The molecule has 4 nitrogen and oxygen atoms in total. The lowest BCUT2D eigenvalue weighted by Crippen LogP contribution is -2.36. The van der Waals surface area contributed by atoms with Gasteiger partial charge in [0.2, 0.25) is 11.8 Å². The van der Waals surface area contributed by atoms with Crippen LogP contribution in [0.15, 0.2) is 53.4 Å².